The smallest absolute Gasteiger partial charge is 0.242 e. The van der Waals surface area contributed by atoms with Crippen molar-refractivity contribution in [3.05, 3.63) is 71.8 Å². The van der Waals surface area contributed by atoms with Gasteiger partial charge < -0.3 is 5.32 Å². The van der Waals surface area contributed by atoms with Crippen molar-refractivity contribution >= 4 is 33.0 Å². The van der Waals surface area contributed by atoms with E-state index < -0.39 is 26.8 Å². The summed E-state index contributed by atoms with van der Waals surface area (Å²) < 4.78 is 40.5. The van der Waals surface area contributed by atoms with Gasteiger partial charge in [0.2, 0.25) is 20.9 Å². The fraction of sp³-hybridized carbons (Fsp3) is 0.111. The van der Waals surface area contributed by atoms with Crippen LogP contribution < -0.4 is 5.32 Å². The van der Waals surface area contributed by atoms with Crippen molar-refractivity contribution in [2.75, 3.05) is 5.32 Å². The zero-order valence-corrected chi connectivity index (χ0v) is 15.7. The van der Waals surface area contributed by atoms with Gasteiger partial charge >= 0.3 is 0 Å². The summed E-state index contributed by atoms with van der Waals surface area (Å²) in [6.07, 6.45) is 2.67. The molecule has 0 bridgehead atoms. The van der Waals surface area contributed by atoms with Gasteiger partial charge in [0.1, 0.15) is 11.1 Å². The third-order valence-electron chi connectivity index (χ3n) is 3.89. The third kappa shape index (κ3) is 4.01. The van der Waals surface area contributed by atoms with Gasteiger partial charge in [-0.25, -0.2) is 17.8 Å². The van der Waals surface area contributed by atoms with E-state index in [1.807, 2.05) is 0 Å². The molecule has 3 aromatic rings. The van der Waals surface area contributed by atoms with Crippen molar-refractivity contribution in [1.29, 1.82) is 0 Å². The molecule has 27 heavy (non-hydrogen) atoms. The number of anilines is 1. The van der Waals surface area contributed by atoms with Crippen LogP contribution >= 0.6 is 11.6 Å². The Morgan fingerprint density at radius 1 is 1.22 bits per heavy atom. The molecule has 0 aliphatic rings. The minimum atomic E-state index is -4.12. The summed E-state index contributed by atoms with van der Waals surface area (Å²) in [5, 5.41) is 1.27. The van der Waals surface area contributed by atoms with Crippen LogP contribution in [-0.4, -0.2) is 29.1 Å². The summed E-state index contributed by atoms with van der Waals surface area (Å²) in [6, 6.07) is 11.7. The summed E-state index contributed by atoms with van der Waals surface area (Å²) in [4.78, 5) is 16.3. The van der Waals surface area contributed by atoms with Crippen molar-refractivity contribution in [1.82, 2.24) is 9.55 Å². The molecule has 2 aromatic carbocycles. The Balaban J connectivity index is 1.89. The first-order valence-electron chi connectivity index (χ1n) is 7.88. The number of aromatic nitrogens is 2. The highest BCUT2D eigenvalue weighted by Crippen LogP contribution is 2.21. The molecule has 9 heteroatoms. The van der Waals surface area contributed by atoms with E-state index in [1.165, 1.54) is 42.1 Å². The van der Waals surface area contributed by atoms with E-state index in [1.54, 1.807) is 30.3 Å². The molecule has 1 unspecified atom stereocenters. The molecule has 0 saturated heterocycles. The van der Waals surface area contributed by atoms with Crippen molar-refractivity contribution in [2.24, 2.45) is 0 Å². The minimum Gasteiger partial charge on any atom is -0.325 e. The molecular formula is C18H15ClFN3O3S. The lowest BCUT2D eigenvalue weighted by Gasteiger charge is -2.14. The van der Waals surface area contributed by atoms with E-state index >= 15 is 0 Å². The largest absolute Gasteiger partial charge is 0.325 e. The third-order valence-corrected chi connectivity index (χ3v) is 6.10. The molecule has 0 aliphatic carbocycles. The second-order valence-corrected chi connectivity index (χ2v) is 8.34. The van der Waals surface area contributed by atoms with Gasteiger partial charge in [-0.05, 0) is 49.4 Å². The number of benzene rings is 2. The van der Waals surface area contributed by atoms with E-state index in [-0.39, 0.29) is 10.8 Å². The van der Waals surface area contributed by atoms with Crippen LogP contribution in [-0.2, 0) is 14.6 Å². The van der Waals surface area contributed by atoms with Gasteiger partial charge in [0, 0.05) is 23.1 Å². The van der Waals surface area contributed by atoms with Crippen LogP contribution in [0.15, 0.2) is 66.1 Å². The normalized spacial score (nSPS) is 12.6. The van der Waals surface area contributed by atoms with Gasteiger partial charge in [0.05, 0.1) is 5.69 Å². The molecule has 0 fully saturated rings. The minimum absolute atomic E-state index is 0.288. The standard InChI is InChI=1S/C18H15ClFN3O3S/c1-12(17(24)22-15-7-5-13(19)6-8-15)27(25,26)18-21-9-10-23(18)16-4-2-3-14(20)11-16/h2-12H,1H3,(H,22,24). The molecule has 3 rings (SSSR count). The number of amides is 1. The van der Waals surface area contributed by atoms with Crippen molar-refractivity contribution in [2.45, 2.75) is 17.3 Å². The molecule has 1 amide bonds. The summed E-state index contributed by atoms with van der Waals surface area (Å²) in [5.41, 5.74) is 0.705. The van der Waals surface area contributed by atoms with Gasteiger partial charge in [-0.1, -0.05) is 17.7 Å². The predicted molar refractivity (Wildman–Crippen MR) is 100 cm³/mol. The lowest BCUT2D eigenvalue weighted by molar-refractivity contribution is -0.115. The summed E-state index contributed by atoms with van der Waals surface area (Å²) in [6.45, 7) is 1.27. The zero-order valence-electron chi connectivity index (χ0n) is 14.1. The van der Waals surface area contributed by atoms with E-state index in [4.69, 9.17) is 11.6 Å². The van der Waals surface area contributed by atoms with Crippen molar-refractivity contribution in [3.8, 4) is 5.69 Å². The highest BCUT2D eigenvalue weighted by atomic mass is 35.5. The number of sulfone groups is 1. The van der Waals surface area contributed by atoms with Crippen LogP contribution in [0.3, 0.4) is 0 Å². The maximum Gasteiger partial charge on any atom is 0.242 e. The number of rotatable bonds is 5. The lowest BCUT2D eigenvalue weighted by Crippen LogP contribution is -2.34. The molecule has 0 radical (unpaired) electrons. The van der Waals surface area contributed by atoms with Crippen LogP contribution in [0.25, 0.3) is 5.69 Å². The number of carbonyl (C=O) groups excluding carboxylic acids is 1. The van der Waals surface area contributed by atoms with Crippen LogP contribution in [0.5, 0.6) is 0 Å². The van der Waals surface area contributed by atoms with Crippen LogP contribution in [0.1, 0.15) is 6.92 Å². The number of nitrogens with one attached hydrogen (secondary N) is 1. The predicted octanol–water partition coefficient (Wildman–Crippen LogP) is 3.47. The molecule has 1 aromatic heterocycles. The van der Waals surface area contributed by atoms with Gasteiger partial charge in [0.15, 0.2) is 0 Å². The fourth-order valence-electron chi connectivity index (χ4n) is 2.40. The molecule has 1 atom stereocenters. The molecule has 1 heterocycles. The molecule has 6 nitrogen and oxygen atoms in total. The Bertz CT molecular complexity index is 1080. The Hall–Kier alpha value is -2.71. The van der Waals surface area contributed by atoms with E-state index in [9.17, 15) is 17.6 Å². The second kappa shape index (κ2) is 7.50. The molecular weight excluding hydrogens is 393 g/mol. The number of carbonyl (C=O) groups is 1. The second-order valence-electron chi connectivity index (χ2n) is 5.74. The molecule has 0 aliphatic heterocycles. The quantitative estimate of drug-likeness (QED) is 0.702. The van der Waals surface area contributed by atoms with Crippen LogP contribution in [0, 0.1) is 5.82 Å². The lowest BCUT2D eigenvalue weighted by atomic mass is 10.3. The maximum atomic E-state index is 13.5. The average molecular weight is 408 g/mol. The first kappa shape index (κ1) is 19.1. The van der Waals surface area contributed by atoms with Gasteiger partial charge in [-0.3, -0.25) is 9.36 Å². The van der Waals surface area contributed by atoms with E-state index in [0.717, 1.165) is 0 Å². The Labute approximate surface area is 160 Å². The van der Waals surface area contributed by atoms with Gasteiger partial charge in [-0.15, -0.1) is 0 Å². The topological polar surface area (TPSA) is 81.1 Å². The Morgan fingerprint density at radius 2 is 1.93 bits per heavy atom. The van der Waals surface area contributed by atoms with Gasteiger partial charge in [-0.2, -0.15) is 0 Å². The van der Waals surface area contributed by atoms with Crippen molar-refractivity contribution < 1.29 is 17.6 Å². The number of halogens is 2. The molecule has 0 spiro atoms. The number of nitrogens with zero attached hydrogens (tertiary/aromatic N) is 2. The van der Waals surface area contributed by atoms with Gasteiger partial charge in [0.25, 0.3) is 0 Å². The first-order chi connectivity index (χ1) is 12.8. The summed E-state index contributed by atoms with van der Waals surface area (Å²) in [7, 11) is -4.12. The van der Waals surface area contributed by atoms with Crippen molar-refractivity contribution in [3.63, 3.8) is 0 Å². The Kier molecular flexibility index (Phi) is 5.29. The van der Waals surface area contributed by atoms with Crippen LogP contribution in [0.2, 0.25) is 5.02 Å². The zero-order chi connectivity index (χ0) is 19.6. The Morgan fingerprint density at radius 3 is 2.59 bits per heavy atom. The molecule has 0 saturated carbocycles. The van der Waals surface area contributed by atoms with E-state index in [2.05, 4.69) is 10.3 Å². The highest BCUT2D eigenvalue weighted by molar-refractivity contribution is 7.92. The summed E-state index contributed by atoms with van der Waals surface area (Å²) in [5.74, 6) is -1.23. The highest BCUT2D eigenvalue weighted by Gasteiger charge is 2.33. The van der Waals surface area contributed by atoms with E-state index in [0.29, 0.717) is 10.7 Å². The number of imidazole rings is 1. The van der Waals surface area contributed by atoms with Crippen LogP contribution in [0.4, 0.5) is 10.1 Å². The average Bonchev–Trinajstić information content (AvgIpc) is 3.13. The monoisotopic (exact) mass is 407 g/mol. The fourth-order valence-corrected chi connectivity index (χ4v) is 3.83. The molecule has 140 valence electrons. The first-order valence-corrected chi connectivity index (χ1v) is 9.81. The summed E-state index contributed by atoms with van der Waals surface area (Å²) >= 11 is 5.79. The molecule has 1 N–H and O–H groups in total. The maximum absolute atomic E-state index is 13.5. The number of hydrogen-bond acceptors (Lipinski definition) is 4. The SMILES string of the molecule is CC(C(=O)Nc1ccc(Cl)cc1)S(=O)(=O)c1nccn1-c1cccc(F)c1. The number of hydrogen-bond donors (Lipinski definition) is 1.